The Morgan fingerprint density at radius 1 is 0.847 bits per heavy atom. The number of esters is 1. The number of amides is 4. The van der Waals surface area contributed by atoms with Gasteiger partial charge in [0.1, 0.15) is 47.0 Å². The summed E-state index contributed by atoms with van der Waals surface area (Å²) in [5.41, 5.74) is -4.51. The molecule has 2 unspecified atom stereocenters. The van der Waals surface area contributed by atoms with Gasteiger partial charge in [0.25, 0.3) is 12.0 Å². The lowest BCUT2D eigenvalue weighted by atomic mass is 9.74. The molecule has 3 heterocycles. The molecular weight excluding hydrogens is 983 g/mol. The summed E-state index contributed by atoms with van der Waals surface area (Å²) in [4.78, 5) is 90.4. The zero-order valence-corrected chi connectivity index (χ0v) is 44.6. The van der Waals surface area contributed by atoms with Gasteiger partial charge in [-0.1, -0.05) is 5.16 Å². The molecule has 3 aromatic rings. The molecule has 25 heteroatoms. The van der Waals surface area contributed by atoms with Crippen molar-refractivity contribution in [1.82, 2.24) is 15.4 Å². The number of carbonyl (C=O) groups excluding carboxylic acids is 6. The number of β-lactam (4-membered cyclic amide) rings is 1. The van der Waals surface area contributed by atoms with E-state index in [0.29, 0.717) is 35.9 Å². The number of oxime groups is 1. The standard InChI is InChI=1S/C47H65N7O16S2/c1-43(2,3)65-38(57)35(69-51-36(33-28-71-39(49-33)50-41(59)67-45(7,8)9)34(55)26-32-37(56)54(47(32,13)14)70-72(61,62)63)27-64-31-18-16-29(17-19-31)53(42(60)68-46(10,11)12)30-20-24-52(25-21-30)23-15-22-48-40(58)66-44(4,5)6/h16-21,24-25,28,32,35H,15,22-23,26-27H2,1-14H3,(H2-,48,49,50,58,59,61,62,63)/p+1/b51-36-. The van der Waals surface area contributed by atoms with Crippen LogP contribution < -0.4 is 24.8 Å². The SMILES string of the molecule is CC(C)(C)OC(=O)NCCC[n+]1ccc(N(C(=O)OC(C)(C)C)c2ccc(OCC(O/N=C(\C(=O)CC3C(=O)N(OS(=O)(=O)O)C3(C)C)c3csc(NC(=O)OC(C)(C)C)n3)C(=O)OC(C)(C)C)cc2)cc1. The van der Waals surface area contributed by atoms with Crippen LogP contribution in [0.2, 0.25) is 0 Å². The number of benzene rings is 1. The van der Waals surface area contributed by atoms with Crippen LogP contribution in [0.25, 0.3) is 0 Å². The van der Waals surface area contributed by atoms with Crippen LogP contribution in [-0.2, 0) is 59.4 Å². The molecule has 2 atom stereocenters. The number of nitrogens with zero attached hydrogens (tertiary/aromatic N) is 5. The number of hydroxylamine groups is 2. The van der Waals surface area contributed by atoms with Crippen molar-refractivity contribution in [2.45, 2.75) is 150 Å². The fourth-order valence-electron chi connectivity index (χ4n) is 6.39. The molecule has 3 N–H and O–H groups in total. The first-order chi connectivity index (χ1) is 33.0. The molecule has 0 radical (unpaired) electrons. The highest BCUT2D eigenvalue weighted by atomic mass is 32.3. The van der Waals surface area contributed by atoms with Crippen molar-refractivity contribution in [2.24, 2.45) is 11.1 Å². The number of pyridine rings is 1. The second kappa shape index (κ2) is 23.0. The average molecular weight is 1050 g/mol. The van der Waals surface area contributed by atoms with Crippen LogP contribution in [-0.4, -0.2) is 112 Å². The lowest BCUT2D eigenvalue weighted by Crippen LogP contribution is -2.68. The van der Waals surface area contributed by atoms with Gasteiger partial charge >= 0.3 is 34.6 Å². The molecule has 1 aromatic carbocycles. The lowest BCUT2D eigenvalue weighted by molar-refractivity contribution is -0.697. The Labute approximate surface area is 423 Å². The summed E-state index contributed by atoms with van der Waals surface area (Å²) in [6.07, 6.45) is -0.0636. The highest BCUT2D eigenvalue weighted by Crippen LogP contribution is 2.41. The van der Waals surface area contributed by atoms with Crippen molar-refractivity contribution in [3.63, 3.8) is 0 Å². The van der Waals surface area contributed by atoms with Crippen molar-refractivity contribution in [2.75, 3.05) is 23.4 Å². The Bertz CT molecular complexity index is 2570. The van der Waals surface area contributed by atoms with Gasteiger partial charge in [0, 0.05) is 36.9 Å². The number of hydrogen-bond donors (Lipinski definition) is 3. The number of nitrogens with one attached hydrogen (secondary N) is 2. The minimum absolute atomic E-state index is 0.00863. The van der Waals surface area contributed by atoms with Crippen LogP contribution in [0, 0.1) is 5.92 Å². The van der Waals surface area contributed by atoms with E-state index in [-0.39, 0.29) is 16.6 Å². The first kappa shape index (κ1) is 58.1. The summed E-state index contributed by atoms with van der Waals surface area (Å²) in [6, 6.07) is 9.74. The molecule has 4 amide bonds. The van der Waals surface area contributed by atoms with Gasteiger partial charge in [-0.25, -0.2) is 33.6 Å². The first-order valence-corrected chi connectivity index (χ1v) is 24.9. The van der Waals surface area contributed by atoms with Gasteiger partial charge in [-0.05, 0) is 121 Å². The number of ketones is 1. The van der Waals surface area contributed by atoms with E-state index in [1.165, 1.54) is 24.1 Å². The number of alkyl carbamates (subject to hydrolysis) is 1. The fourth-order valence-corrected chi connectivity index (χ4v) is 7.53. The molecule has 23 nitrogen and oxygen atoms in total. The summed E-state index contributed by atoms with van der Waals surface area (Å²) in [6.45, 7) is 23.6. The number of hydrogen-bond acceptors (Lipinski definition) is 18. The number of Topliss-reactive ketones (excluding diaryl/α,β-unsaturated/α-hetero) is 1. The number of aromatic nitrogens is 2. The zero-order valence-electron chi connectivity index (χ0n) is 43.0. The molecule has 1 fully saturated rings. The average Bonchev–Trinajstić information content (AvgIpc) is 3.67. The number of ether oxygens (including phenoxy) is 5. The van der Waals surface area contributed by atoms with E-state index >= 15 is 0 Å². The Kier molecular flexibility index (Phi) is 18.5. The van der Waals surface area contributed by atoms with Gasteiger partial charge in [0.15, 0.2) is 29.0 Å². The maximum Gasteiger partial charge on any atom is 0.419 e. The fraction of sp³-hybridized carbons (Fsp3) is 0.553. The molecule has 4 rings (SSSR count). The van der Waals surface area contributed by atoms with Crippen molar-refractivity contribution in [1.29, 1.82) is 0 Å². The van der Waals surface area contributed by atoms with Gasteiger partial charge in [0.05, 0.1) is 22.8 Å². The Morgan fingerprint density at radius 3 is 1.94 bits per heavy atom. The van der Waals surface area contributed by atoms with Crippen molar-refractivity contribution in [3.8, 4) is 5.75 Å². The predicted molar refractivity (Wildman–Crippen MR) is 262 cm³/mol. The molecule has 0 bridgehead atoms. The molecule has 396 valence electrons. The third kappa shape index (κ3) is 18.3. The van der Waals surface area contributed by atoms with E-state index in [4.69, 9.17) is 28.5 Å². The summed E-state index contributed by atoms with van der Waals surface area (Å²) < 4.78 is 66.3. The van der Waals surface area contributed by atoms with Crippen LogP contribution in [0.15, 0.2) is 59.3 Å². The van der Waals surface area contributed by atoms with Crippen LogP contribution in [0.3, 0.4) is 0 Å². The molecule has 72 heavy (non-hydrogen) atoms. The smallest absolute Gasteiger partial charge is 0.419 e. The van der Waals surface area contributed by atoms with E-state index in [0.717, 1.165) is 11.3 Å². The summed E-state index contributed by atoms with van der Waals surface area (Å²) in [5.74, 6) is -3.70. The number of rotatable bonds is 19. The van der Waals surface area contributed by atoms with Gasteiger partial charge in [-0.2, -0.15) is 13.5 Å². The van der Waals surface area contributed by atoms with Gasteiger partial charge < -0.3 is 33.8 Å². The third-order valence-corrected chi connectivity index (χ3v) is 10.6. The van der Waals surface area contributed by atoms with Crippen molar-refractivity contribution >= 4 is 79.9 Å². The summed E-state index contributed by atoms with van der Waals surface area (Å²) in [7, 11) is -5.09. The molecule has 2 aromatic heterocycles. The van der Waals surface area contributed by atoms with Crippen LogP contribution in [0.4, 0.5) is 30.9 Å². The van der Waals surface area contributed by atoms with Gasteiger partial charge in [-0.15, -0.1) is 15.6 Å². The summed E-state index contributed by atoms with van der Waals surface area (Å²) >= 11 is 0.897. The van der Waals surface area contributed by atoms with Crippen molar-refractivity contribution < 1.29 is 79.1 Å². The molecule has 0 aliphatic carbocycles. The molecule has 0 spiro atoms. The summed E-state index contributed by atoms with van der Waals surface area (Å²) in [5, 5.41) is 11.0. The van der Waals surface area contributed by atoms with Gasteiger partial charge in [0.2, 0.25) is 0 Å². The topological polar surface area (TPSA) is 281 Å². The van der Waals surface area contributed by atoms with E-state index < -0.39 is 105 Å². The number of anilines is 3. The van der Waals surface area contributed by atoms with Gasteiger partial charge in [-0.3, -0.25) is 19.5 Å². The highest BCUT2D eigenvalue weighted by Gasteiger charge is 2.57. The minimum atomic E-state index is -5.09. The Morgan fingerprint density at radius 2 is 1.40 bits per heavy atom. The molecule has 1 aliphatic heterocycles. The maximum atomic E-state index is 14.1. The minimum Gasteiger partial charge on any atom is -0.489 e. The lowest BCUT2D eigenvalue weighted by Gasteiger charge is -2.50. The molecular formula is C47H66N7O16S2+. The predicted octanol–water partition coefficient (Wildman–Crippen LogP) is 7.21. The zero-order chi connectivity index (χ0) is 54.2. The van der Waals surface area contributed by atoms with E-state index in [1.807, 2.05) is 4.57 Å². The quantitative estimate of drug-likeness (QED) is 0.0156. The molecule has 0 saturated carbocycles. The highest BCUT2D eigenvalue weighted by molar-refractivity contribution is 7.80. The molecule has 1 saturated heterocycles. The van der Waals surface area contributed by atoms with Crippen LogP contribution in [0.5, 0.6) is 5.75 Å². The van der Waals surface area contributed by atoms with E-state index in [9.17, 15) is 41.7 Å². The van der Waals surface area contributed by atoms with Crippen molar-refractivity contribution in [3.05, 3.63) is 59.9 Å². The normalized spacial score (nSPS) is 15.6. The number of thiazole rings is 1. The van der Waals surface area contributed by atoms with Crippen LogP contribution in [0.1, 0.15) is 115 Å². The van der Waals surface area contributed by atoms with E-state index in [1.54, 1.807) is 132 Å². The second-order valence-corrected chi connectivity index (χ2v) is 22.8. The second-order valence-electron chi connectivity index (χ2n) is 20.9. The largest absolute Gasteiger partial charge is 0.489 e. The Balaban J connectivity index is 1.60. The number of carbonyl (C=O) groups is 6. The monoisotopic (exact) mass is 1050 g/mol. The number of aryl methyl sites for hydroxylation is 1. The Hall–Kier alpha value is -6.44. The van der Waals surface area contributed by atoms with Crippen LogP contribution >= 0.6 is 11.3 Å². The maximum absolute atomic E-state index is 14.1. The molecule has 1 aliphatic rings. The first-order valence-electron chi connectivity index (χ1n) is 22.7. The third-order valence-electron chi connectivity index (χ3n) is 9.46. The van der Waals surface area contributed by atoms with E-state index in [2.05, 4.69) is 25.1 Å².